The van der Waals surface area contributed by atoms with Gasteiger partial charge in [0.05, 0.1) is 4.88 Å². The fourth-order valence-corrected chi connectivity index (χ4v) is 2.21. The van der Waals surface area contributed by atoms with Crippen LogP contribution in [-0.2, 0) is 0 Å². The third-order valence-corrected chi connectivity index (χ3v) is 4.13. The van der Waals surface area contributed by atoms with E-state index in [1.807, 2.05) is 17.5 Å². The van der Waals surface area contributed by atoms with Gasteiger partial charge in [0.2, 0.25) is 0 Å². The maximum absolute atomic E-state index is 11.7. The number of hydrogen-bond donors (Lipinski definition) is 3. The fourth-order valence-electron chi connectivity index (χ4n) is 1.57. The smallest absolute Gasteiger partial charge is 0.261 e. The van der Waals surface area contributed by atoms with Gasteiger partial charge in [-0.15, -0.1) is 11.3 Å². The van der Waals surface area contributed by atoms with Crippen LogP contribution in [0.15, 0.2) is 22.5 Å². The lowest BCUT2D eigenvalue weighted by atomic mass is 10.1. The summed E-state index contributed by atoms with van der Waals surface area (Å²) in [5.41, 5.74) is 0. The zero-order chi connectivity index (χ0) is 15.7. The Hall–Kier alpha value is -1.56. The Bertz CT molecular complexity index is 443. The molecule has 0 aliphatic heterocycles. The molecule has 0 fully saturated rings. The van der Waals surface area contributed by atoms with Crippen molar-refractivity contribution in [3.63, 3.8) is 0 Å². The summed E-state index contributed by atoms with van der Waals surface area (Å²) < 4.78 is 0. The third kappa shape index (κ3) is 6.62. The molecule has 0 aliphatic carbocycles. The molecule has 6 heteroatoms. The minimum absolute atomic E-state index is 0.000868. The van der Waals surface area contributed by atoms with Crippen molar-refractivity contribution < 1.29 is 4.79 Å². The normalized spacial score (nSPS) is 13.1. The number of nitrogens with one attached hydrogen (secondary N) is 3. The number of aliphatic imine (C=N–C) groups is 1. The molecule has 1 unspecified atom stereocenters. The molecular weight excluding hydrogens is 284 g/mol. The van der Waals surface area contributed by atoms with Gasteiger partial charge in [-0.3, -0.25) is 9.79 Å². The number of thiophene rings is 1. The van der Waals surface area contributed by atoms with Crippen molar-refractivity contribution in [2.24, 2.45) is 10.9 Å². The number of amides is 1. The van der Waals surface area contributed by atoms with E-state index >= 15 is 0 Å². The van der Waals surface area contributed by atoms with E-state index in [1.165, 1.54) is 11.3 Å². The van der Waals surface area contributed by atoms with Crippen LogP contribution >= 0.6 is 11.3 Å². The highest BCUT2D eigenvalue weighted by Crippen LogP contribution is 2.07. The fraction of sp³-hybridized carbons (Fsp3) is 0.600. The monoisotopic (exact) mass is 310 g/mol. The van der Waals surface area contributed by atoms with Gasteiger partial charge in [0.1, 0.15) is 0 Å². The minimum atomic E-state index is 0.000868. The molecular formula is C15H26N4OS. The van der Waals surface area contributed by atoms with E-state index in [4.69, 9.17) is 0 Å². The molecule has 1 atom stereocenters. The van der Waals surface area contributed by atoms with Crippen molar-refractivity contribution in [2.75, 3.05) is 20.1 Å². The zero-order valence-electron chi connectivity index (χ0n) is 13.3. The topological polar surface area (TPSA) is 65.5 Å². The lowest BCUT2D eigenvalue weighted by Crippen LogP contribution is -2.44. The quantitative estimate of drug-likeness (QED) is 0.410. The molecule has 3 N–H and O–H groups in total. The number of hydrogen-bond acceptors (Lipinski definition) is 3. The van der Waals surface area contributed by atoms with Crippen LogP contribution in [0.3, 0.4) is 0 Å². The molecule has 21 heavy (non-hydrogen) atoms. The Balaban J connectivity index is 2.16. The van der Waals surface area contributed by atoms with Crippen LogP contribution in [0.1, 0.15) is 36.9 Å². The molecule has 0 aromatic carbocycles. The van der Waals surface area contributed by atoms with Crippen molar-refractivity contribution in [2.45, 2.75) is 33.2 Å². The maximum atomic E-state index is 11.7. The lowest BCUT2D eigenvalue weighted by molar-refractivity contribution is 0.0957. The van der Waals surface area contributed by atoms with Crippen molar-refractivity contribution in [1.29, 1.82) is 0 Å². The Morgan fingerprint density at radius 3 is 2.57 bits per heavy atom. The largest absolute Gasteiger partial charge is 0.356 e. The summed E-state index contributed by atoms with van der Waals surface area (Å²) in [7, 11) is 1.76. The molecule has 5 nitrogen and oxygen atoms in total. The Morgan fingerprint density at radius 1 is 1.29 bits per heavy atom. The van der Waals surface area contributed by atoms with Crippen molar-refractivity contribution in [3.05, 3.63) is 22.4 Å². The number of rotatable bonds is 7. The summed E-state index contributed by atoms with van der Waals surface area (Å²) in [6.07, 6.45) is 0.855. The van der Waals surface area contributed by atoms with E-state index < -0.39 is 0 Å². The maximum Gasteiger partial charge on any atom is 0.261 e. The molecule has 0 bridgehead atoms. The van der Waals surface area contributed by atoms with Gasteiger partial charge in [-0.05, 0) is 30.7 Å². The van der Waals surface area contributed by atoms with E-state index in [2.05, 4.69) is 41.7 Å². The van der Waals surface area contributed by atoms with E-state index in [-0.39, 0.29) is 5.91 Å². The molecule has 1 heterocycles. The van der Waals surface area contributed by atoms with Gasteiger partial charge >= 0.3 is 0 Å². The van der Waals surface area contributed by atoms with Gasteiger partial charge in [0.15, 0.2) is 5.96 Å². The van der Waals surface area contributed by atoms with Crippen LogP contribution in [0, 0.1) is 5.92 Å². The van der Waals surface area contributed by atoms with Crippen LogP contribution in [0.5, 0.6) is 0 Å². The van der Waals surface area contributed by atoms with Gasteiger partial charge in [-0.1, -0.05) is 19.9 Å². The third-order valence-electron chi connectivity index (χ3n) is 3.26. The summed E-state index contributed by atoms with van der Waals surface area (Å²) in [6.45, 7) is 7.91. The summed E-state index contributed by atoms with van der Waals surface area (Å²) in [5.74, 6) is 1.36. The summed E-state index contributed by atoms with van der Waals surface area (Å²) in [4.78, 5) is 16.7. The number of carbonyl (C=O) groups excluding carboxylic acids is 1. The highest BCUT2D eigenvalue weighted by Gasteiger charge is 2.08. The standard InChI is InChI=1S/C15H26N4OS/c1-11(2)12(3)19-15(16-4)18-9-6-8-17-14(20)13-7-5-10-21-13/h5,7,10-12H,6,8-9H2,1-4H3,(H,17,20)(H2,16,18,19). The van der Waals surface area contributed by atoms with Gasteiger partial charge < -0.3 is 16.0 Å². The molecule has 0 radical (unpaired) electrons. The highest BCUT2D eigenvalue weighted by molar-refractivity contribution is 7.12. The lowest BCUT2D eigenvalue weighted by Gasteiger charge is -2.20. The molecule has 0 saturated carbocycles. The molecule has 118 valence electrons. The van der Waals surface area contributed by atoms with E-state index in [1.54, 1.807) is 7.05 Å². The van der Waals surface area contributed by atoms with Gasteiger partial charge in [0.25, 0.3) is 5.91 Å². The van der Waals surface area contributed by atoms with Crippen molar-refractivity contribution in [3.8, 4) is 0 Å². The second-order valence-electron chi connectivity index (χ2n) is 5.26. The molecule has 0 spiro atoms. The first-order valence-electron chi connectivity index (χ1n) is 7.33. The summed E-state index contributed by atoms with van der Waals surface area (Å²) >= 11 is 1.46. The van der Waals surface area contributed by atoms with Crippen LogP contribution in [0.25, 0.3) is 0 Å². The predicted molar refractivity (Wildman–Crippen MR) is 90.1 cm³/mol. The number of guanidine groups is 1. The van der Waals surface area contributed by atoms with Gasteiger partial charge in [-0.2, -0.15) is 0 Å². The predicted octanol–water partition coefficient (Wildman–Crippen LogP) is 2.08. The first kappa shape index (κ1) is 17.5. The number of nitrogens with zero attached hydrogens (tertiary/aromatic N) is 1. The molecule has 0 aliphatic rings. The molecule has 1 rings (SSSR count). The Labute approximate surface area is 131 Å². The van der Waals surface area contributed by atoms with Crippen LogP contribution in [0.2, 0.25) is 0 Å². The molecule has 0 saturated heterocycles. The molecule has 1 aromatic heterocycles. The first-order chi connectivity index (χ1) is 10.0. The van der Waals surface area contributed by atoms with Gasteiger partial charge in [0, 0.05) is 26.2 Å². The van der Waals surface area contributed by atoms with Crippen LogP contribution < -0.4 is 16.0 Å². The second-order valence-corrected chi connectivity index (χ2v) is 6.21. The van der Waals surface area contributed by atoms with E-state index in [9.17, 15) is 4.79 Å². The number of carbonyl (C=O) groups is 1. The Morgan fingerprint density at radius 2 is 2.00 bits per heavy atom. The molecule has 1 amide bonds. The second kappa shape index (κ2) is 9.39. The van der Waals surface area contributed by atoms with Crippen molar-refractivity contribution >= 4 is 23.2 Å². The van der Waals surface area contributed by atoms with Crippen molar-refractivity contribution in [1.82, 2.24) is 16.0 Å². The average molecular weight is 310 g/mol. The highest BCUT2D eigenvalue weighted by atomic mass is 32.1. The average Bonchev–Trinajstić information content (AvgIpc) is 2.99. The van der Waals surface area contributed by atoms with E-state index in [0.717, 1.165) is 23.8 Å². The SMILES string of the molecule is CN=C(NCCCNC(=O)c1cccs1)NC(C)C(C)C. The summed E-state index contributed by atoms with van der Waals surface area (Å²) in [6, 6.07) is 4.08. The van der Waals surface area contributed by atoms with Crippen LogP contribution in [0.4, 0.5) is 0 Å². The molecule has 1 aromatic rings. The van der Waals surface area contributed by atoms with E-state index in [0.29, 0.717) is 18.5 Å². The Kier molecular flexibility index (Phi) is 7.82. The minimum Gasteiger partial charge on any atom is -0.356 e. The zero-order valence-corrected chi connectivity index (χ0v) is 14.1. The summed E-state index contributed by atoms with van der Waals surface area (Å²) in [5, 5.41) is 11.4. The van der Waals surface area contributed by atoms with Crippen LogP contribution in [-0.4, -0.2) is 38.0 Å². The first-order valence-corrected chi connectivity index (χ1v) is 8.21. The van der Waals surface area contributed by atoms with Gasteiger partial charge in [-0.25, -0.2) is 0 Å².